The van der Waals surface area contributed by atoms with Gasteiger partial charge in [0.1, 0.15) is 11.6 Å². The zero-order valence-electron chi connectivity index (χ0n) is 23.2. The fraction of sp³-hybridized carbons (Fsp3) is 0.167. The minimum atomic E-state index is -0.236. The van der Waals surface area contributed by atoms with Crippen molar-refractivity contribution in [2.45, 2.75) is 32.4 Å². The summed E-state index contributed by atoms with van der Waals surface area (Å²) in [6.07, 6.45) is 1.13. The number of benzene rings is 5. The lowest BCUT2D eigenvalue weighted by Crippen LogP contribution is -2.30. The van der Waals surface area contributed by atoms with E-state index in [-0.39, 0.29) is 11.9 Å². The van der Waals surface area contributed by atoms with Gasteiger partial charge in [-0.25, -0.2) is 4.98 Å². The van der Waals surface area contributed by atoms with E-state index in [2.05, 4.69) is 64.5 Å². The molecule has 1 amide bonds. The summed E-state index contributed by atoms with van der Waals surface area (Å²) in [5.41, 5.74) is 5.27. The number of carbonyl (C=O) groups excluding carboxylic acids is 1. The monoisotopic (exact) mass is 539 g/mol. The van der Waals surface area contributed by atoms with Crippen LogP contribution in [0.3, 0.4) is 0 Å². The van der Waals surface area contributed by atoms with Gasteiger partial charge in [-0.05, 0) is 65.1 Å². The molecule has 6 rings (SSSR count). The molecule has 5 nitrogen and oxygen atoms in total. The van der Waals surface area contributed by atoms with Crippen LogP contribution in [0.5, 0.6) is 5.75 Å². The van der Waals surface area contributed by atoms with Gasteiger partial charge in [-0.3, -0.25) is 4.79 Å². The second kappa shape index (κ2) is 12.1. The molecule has 5 heteroatoms. The van der Waals surface area contributed by atoms with Crippen LogP contribution < -0.4 is 10.1 Å². The summed E-state index contributed by atoms with van der Waals surface area (Å²) in [4.78, 5) is 17.9. The summed E-state index contributed by atoms with van der Waals surface area (Å²) >= 11 is 0. The van der Waals surface area contributed by atoms with Gasteiger partial charge >= 0.3 is 0 Å². The third-order valence-electron chi connectivity index (χ3n) is 7.39. The molecule has 5 aromatic carbocycles. The van der Waals surface area contributed by atoms with Crippen LogP contribution in [0.2, 0.25) is 0 Å². The van der Waals surface area contributed by atoms with Crippen molar-refractivity contribution < 1.29 is 9.53 Å². The molecule has 0 aliphatic heterocycles. The van der Waals surface area contributed by atoms with Crippen LogP contribution in [0.4, 0.5) is 0 Å². The lowest BCUT2D eigenvalue weighted by Gasteiger charge is -2.17. The Morgan fingerprint density at radius 2 is 1.51 bits per heavy atom. The highest BCUT2D eigenvalue weighted by Crippen LogP contribution is 2.24. The van der Waals surface area contributed by atoms with Crippen LogP contribution in [0, 0.1) is 0 Å². The van der Waals surface area contributed by atoms with Crippen molar-refractivity contribution in [3.8, 4) is 16.9 Å². The number of amides is 1. The first-order valence-electron chi connectivity index (χ1n) is 14.1. The fourth-order valence-corrected chi connectivity index (χ4v) is 5.32. The Bertz CT molecular complexity index is 1770. The largest absolute Gasteiger partial charge is 0.494 e. The summed E-state index contributed by atoms with van der Waals surface area (Å²) in [7, 11) is 0. The molecule has 0 radical (unpaired) electrons. The highest BCUT2D eigenvalue weighted by atomic mass is 16.5. The maximum absolute atomic E-state index is 13.0. The zero-order chi connectivity index (χ0) is 28.0. The molecule has 6 aromatic rings. The van der Waals surface area contributed by atoms with E-state index in [1.54, 1.807) is 0 Å². The van der Waals surface area contributed by atoms with E-state index in [1.165, 1.54) is 16.3 Å². The number of hydrogen-bond donors (Lipinski definition) is 1. The van der Waals surface area contributed by atoms with Gasteiger partial charge in [0.15, 0.2) is 0 Å². The first kappa shape index (κ1) is 26.3. The van der Waals surface area contributed by atoms with E-state index in [0.717, 1.165) is 46.7 Å². The molecular weight excluding hydrogens is 506 g/mol. The molecule has 0 fully saturated rings. The minimum Gasteiger partial charge on any atom is -0.494 e. The molecular formula is C36H33N3O2. The summed E-state index contributed by atoms with van der Waals surface area (Å²) < 4.78 is 8.30. The highest BCUT2D eigenvalue weighted by Gasteiger charge is 2.18. The van der Waals surface area contributed by atoms with E-state index in [9.17, 15) is 4.79 Å². The lowest BCUT2D eigenvalue weighted by molar-refractivity contribution is -0.121. The number of nitrogens with zero attached hydrogens (tertiary/aromatic N) is 2. The third-order valence-corrected chi connectivity index (χ3v) is 7.39. The first-order valence-corrected chi connectivity index (χ1v) is 14.1. The average molecular weight is 540 g/mol. The van der Waals surface area contributed by atoms with E-state index in [0.29, 0.717) is 13.0 Å². The van der Waals surface area contributed by atoms with Gasteiger partial charge < -0.3 is 14.6 Å². The number of hydrogen-bond acceptors (Lipinski definition) is 3. The van der Waals surface area contributed by atoms with Gasteiger partial charge in [0.2, 0.25) is 5.91 Å². The van der Waals surface area contributed by atoms with Crippen LogP contribution in [0.1, 0.15) is 30.8 Å². The van der Waals surface area contributed by atoms with Crippen LogP contribution >= 0.6 is 0 Å². The second-order valence-electron chi connectivity index (χ2n) is 10.4. The number of fused-ring (bicyclic) bond motifs is 2. The first-order chi connectivity index (χ1) is 20.1. The number of rotatable bonds is 10. The molecule has 0 bridgehead atoms. The summed E-state index contributed by atoms with van der Waals surface area (Å²) in [5.74, 6) is 1.70. The Labute approximate surface area is 240 Å². The minimum absolute atomic E-state index is 0.0248. The van der Waals surface area contributed by atoms with E-state index >= 15 is 0 Å². The van der Waals surface area contributed by atoms with Gasteiger partial charge in [0, 0.05) is 6.54 Å². The molecule has 0 aliphatic rings. The van der Waals surface area contributed by atoms with Crippen LogP contribution in [0.15, 0.2) is 121 Å². The molecule has 1 aromatic heterocycles. The Hall–Kier alpha value is -4.90. The van der Waals surface area contributed by atoms with Crippen molar-refractivity contribution in [3.63, 3.8) is 0 Å². The van der Waals surface area contributed by atoms with Crippen molar-refractivity contribution in [3.05, 3.63) is 133 Å². The number of carbonyl (C=O) groups is 1. The smallest absolute Gasteiger partial charge is 0.224 e. The topological polar surface area (TPSA) is 56.2 Å². The van der Waals surface area contributed by atoms with E-state index < -0.39 is 0 Å². The van der Waals surface area contributed by atoms with Gasteiger partial charge in [-0.15, -0.1) is 0 Å². The molecule has 0 aliphatic carbocycles. The molecule has 0 spiro atoms. The average Bonchev–Trinajstić information content (AvgIpc) is 3.39. The van der Waals surface area contributed by atoms with Crippen molar-refractivity contribution in [2.75, 3.05) is 6.61 Å². The Morgan fingerprint density at radius 3 is 2.34 bits per heavy atom. The molecule has 41 heavy (non-hydrogen) atoms. The summed E-state index contributed by atoms with van der Waals surface area (Å²) in [5, 5.41) is 5.55. The predicted molar refractivity (Wildman–Crippen MR) is 166 cm³/mol. The maximum atomic E-state index is 13.0. The quantitative estimate of drug-likeness (QED) is 0.181. The Morgan fingerprint density at radius 1 is 0.805 bits per heavy atom. The molecule has 1 unspecified atom stereocenters. The third kappa shape index (κ3) is 6.15. The lowest BCUT2D eigenvalue weighted by atomic mass is 10.0. The van der Waals surface area contributed by atoms with E-state index in [1.807, 2.05) is 73.7 Å². The van der Waals surface area contributed by atoms with Crippen LogP contribution in [-0.4, -0.2) is 22.1 Å². The highest BCUT2D eigenvalue weighted by molar-refractivity contribution is 5.83. The van der Waals surface area contributed by atoms with Crippen molar-refractivity contribution in [2.24, 2.45) is 0 Å². The summed E-state index contributed by atoms with van der Waals surface area (Å²) in [6, 6.07) is 40.8. The maximum Gasteiger partial charge on any atom is 0.224 e. The number of imidazole rings is 1. The van der Waals surface area contributed by atoms with Gasteiger partial charge in [-0.1, -0.05) is 97.1 Å². The fourth-order valence-electron chi connectivity index (χ4n) is 5.32. The van der Waals surface area contributed by atoms with Gasteiger partial charge in [0.25, 0.3) is 0 Å². The summed E-state index contributed by atoms with van der Waals surface area (Å²) in [6.45, 7) is 3.33. The van der Waals surface area contributed by atoms with Gasteiger partial charge in [-0.2, -0.15) is 0 Å². The molecule has 204 valence electrons. The molecule has 0 saturated heterocycles. The van der Waals surface area contributed by atoms with Crippen LogP contribution in [-0.2, 0) is 17.8 Å². The van der Waals surface area contributed by atoms with Crippen molar-refractivity contribution in [1.29, 1.82) is 0 Å². The van der Waals surface area contributed by atoms with Crippen molar-refractivity contribution in [1.82, 2.24) is 14.9 Å². The zero-order valence-corrected chi connectivity index (χ0v) is 23.2. The number of aromatic nitrogens is 2. The van der Waals surface area contributed by atoms with Crippen molar-refractivity contribution >= 4 is 27.7 Å². The number of nitrogens with one attached hydrogen (secondary N) is 1. The van der Waals surface area contributed by atoms with E-state index in [4.69, 9.17) is 9.72 Å². The normalized spacial score (nSPS) is 11.9. The number of ether oxygens (including phenoxy) is 1. The van der Waals surface area contributed by atoms with Crippen LogP contribution in [0.25, 0.3) is 32.9 Å². The van der Waals surface area contributed by atoms with Gasteiger partial charge in [0.05, 0.1) is 30.1 Å². The Balaban J connectivity index is 1.10. The number of aryl methyl sites for hydroxylation is 1. The molecule has 0 saturated carbocycles. The predicted octanol–water partition coefficient (Wildman–Crippen LogP) is 7.75. The molecule has 1 atom stereocenters. The molecule has 1 heterocycles. The SMILES string of the molecule is CC(NC(=O)Cc1ccc(-c2ccccc2)cc1)c1nc2ccccc2n1CCCOc1ccc2ccccc2c1. The Kier molecular flexibility index (Phi) is 7.76. The molecule has 1 N–H and O–H groups in total. The standard InChI is InChI=1S/C36H33N3O2/c1-26(37-35(40)24-27-16-18-30(19-17-27)28-10-3-2-4-11-28)36-38-33-14-7-8-15-34(33)39(36)22-9-23-41-32-21-20-29-12-5-6-13-31(29)25-32/h2-8,10-21,25-26H,9,22-24H2,1H3,(H,37,40). The second-order valence-corrected chi connectivity index (χ2v) is 10.4. The number of para-hydroxylation sites is 2.